The lowest BCUT2D eigenvalue weighted by molar-refractivity contribution is -0.138. The van der Waals surface area contributed by atoms with Crippen LogP contribution in [0.25, 0.3) is 6.08 Å². The van der Waals surface area contributed by atoms with Crippen molar-refractivity contribution in [1.29, 1.82) is 0 Å². The first kappa shape index (κ1) is 20.8. The zero-order valence-corrected chi connectivity index (χ0v) is 19.4. The molecule has 0 spiro atoms. The van der Waals surface area contributed by atoms with Crippen LogP contribution in [0.3, 0.4) is 0 Å². The molecule has 2 aromatic carbocycles. The van der Waals surface area contributed by atoms with Gasteiger partial charge < -0.3 is 0 Å². The van der Waals surface area contributed by atoms with Crippen molar-refractivity contribution in [3.05, 3.63) is 86.2 Å². The molecule has 0 bridgehead atoms. The summed E-state index contributed by atoms with van der Waals surface area (Å²) < 4.78 is 3.22. The van der Waals surface area contributed by atoms with Gasteiger partial charge in [0.1, 0.15) is 24.6 Å². The topological polar surface area (TPSA) is 80.1 Å². The summed E-state index contributed by atoms with van der Waals surface area (Å²) in [6.07, 6.45) is 4.63. The second-order valence-electron chi connectivity index (χ2n) is 6.39. The molecule has 3 aromatic rings. The maximum absolute atomic E-state index is 13.2. The number of aromatic nitrogens is 3. The van der Waals surface area contributed by atoms with Crippen LogP contribution in [0.4, 0.5) is 0 Å². The Bertz CT molecular complexity index is 1120. The molecule has 10 heteroatoms. The van der Waals surface area contributed by atoms with Crippen LogP contribution in [0.15, 0.2) is 75.0 Å². The molecule has 1 fully saturated rings. The van der Waals surface area contributed by atoms with Crippen molar-refractivity contribution in [2.45, 2.75) is 11.9 Å². The highest BCUT2D eigenvalue weighted by Gasteiger charge is 2.38. The molecule has 152 valence electrons. The van der Waals surface area contributed by atoms with E-state index in [2.05, 4.69) is 47.4 Å². The first-order valence-corrected chi connectivity index (χ1v) is 11.3. The third-order valence-corrected chi connectivity index (χ3v) is 6.44. The van der Waals surface area contributed by atoms with Crippen LogP contribution in [-0.2, 0) is 16.1 Å². The molecular formula is C20H15Br2N5O2S. The van der Waals surface area contributed by atoms with E-state index >= 15 is 0 Å². The van der Waals surface area contributed by atoms with Gasteiger partial charge >= 0.3 is 0 Å². The summed E-state index contributed by atoms with van der Waals surface area (Å²) in [5.74, 6) is -0.630. The van der Waals surface area contributed by atoms with Crippen molar-refractivity contribution in [2.75, 3.05) is 0 Å². The molecule has 1 aliphatic rings. The van der Waals surface area contributed by atoms with E-state index in [1.165, 1.54) is 34.1 Å². The molecule has 2 amide bonds. The summed E-state index contributed by atoms with van der Waals surface area (Å²) in [5, 5.41) is 4.91. The predicted octanol–water partition coefficient (Wildman–Crippen LogP) is 4.15. The highest BCUT2D eigenvalue weighted by Crippen LogP contribution is 2.45. The highest BCUT2D eigenvalue weighted by atomic mass is 79.9. The molecule has 1 N–H and O–H groups in total. The van der Waals surface area contributed by atoms with E-state index in [1.54, 1.807) is 0 Å². The SMILES string of the molecule is O=C(Cn1cncn1)NN1C(=O)/C(=C/c2cccc(Br)c2)SC1c1cccc(Br)c1. The predicted molar refractivity (Wildman–Crippen MR) is 122 cm³/mol. The Kier molecular flexibility index (Phi) is 6.35. The van der Waals surface area contributed by atoms with Crippen LogP contribution in [0.2, 0.25) is 0 Å². The largest absolute Gasteiger partial charge is 0.280 e. The third-order valence-electron chi connectivity index (χ3n) is 4.20. The maximum atomic E-state index is 13.2. The van der Waals surface area contributed by atoms with Crippen LogP contribution >= 0.6 is 43.6 Å². The highest BCUT2D eigenvalue weighted by molar-refractivity contribution is 9.10. The first-order valence-electron chi connectivity index (χ1n) is 8.84. The van der Waals surface area contributed by atoms with Gasteiger partial charge in [-0.1, -0.05) is 67.9 Å². The Labute approximate surface area is 193 Å². The Hall–Kier alpha value is -2.43. The van der Waals surface area contributed by atoms with E-state index in [4.69, 9.17) is 0 Å². The fraction of sp³-hybridized carbons (Fsp3) is 0.100. The molecule has 0 aliphatic carbocycles. The lowest BCUT2D eigenvalue weighted by atomic mass is 10.2. The van der Waals surface area contributed by atoms with Gasteiger partial charge in [-0.15, -0.1) is 0 Å². The number of amides is 2. The van der Waals surface area contributed by atoms with E-state index in [-0.39, 0.29) is 18.4 Å². The molecular weight excluding hydrogens is 534 g/mol. The Morgan fingerprint density at radius 1 is 1.17 bits per heavy atom. The third kappa shape index (κ3) is 4.82. The summed E-state index contributed by atoms with van der Waals surface area (Å²) in [6.45, 7) is -0.0374. The molecule has 1 aliphatic heterocycles. The van der Waals surface area contributed by atoms with Crippen LogP contribution in [0.1, 0.15) is 16.5 Å². The molecule has 1 aromatic heterocycles. The summed E-state index contributed by atoms with van der Waals surface area (Å²) in [7, 11) is 0. The minimum absolute atomic E-state index is 0.0374. The van der Waals surface area contributed by atoms with Crippen LogP contribution < -0.4 is 5.43 Å². The number of carbonyl (C=O) groups is 2. The molecule has 4 rings (SSSR count). The van der Waals surface area contributed by atoms with E-state index in [1.807, 2.05) is 54.6 Å². The van der Waals surface area contributed by atoms with Gasteiger partial charge in [0.05, 0.1) is 4.91 Å². The number of nitrogens with one attached hydrogen (secondary N) is 1. The number of hydrogen-bond acceptors (Lipinski definition) is 5. The number of hydrogen-bond donors (Lipinski definition) is 1. The van der Waals surface area contributed by atoms with Crippen molar-refractivity contribution < 1.29 is 9.59 Å². The normalized spacial score (nSPS) is 17.5. The molecule has 30 heavy (non-hydrogen) atoms. The van der Waals surface area contributed by atoms with Gasteiger partial charge in [0.15, 0.2) is 0 Å². The van der Waals surface area contributed by atoms with E-state index < -0.39 is 5.37 Å². The number of halogens is 2. The van der Waals surface area contributed by atoms with Crippen molar-refractivity contribution in [3.8, 4) is 0 Å². The second-order valence-corrected chi connectivity index (χ2v) is 9.35. The van der Waals surface area contributed by atoms with Crippen molar-refractivity contribution >= 4 is 61.5 Å². The average molecular weight is 549 g/mol. The molecule has 0 radical (unpaired) electrons. The first-order chi connectivity index (χ1) is 14.5. The van der Waals surface area contributed by atoms with Crippen molar-refractivity contribution in [3.63, 3.8) is 0 Å². The smallest absolute Gasteiger partial charge is 0.271 e. The minimum Gasteiger partial charge on any atom is -0.271 e. The van der Waals surface area contributed by atoms with Gasteiger partial charge in [0.25, 0.3) is 11.8 Å². The summed E-state index contributed by atoms with van der Waals surface area (Å²) >= 11 is 8.31. The van der Waals surface area contributed by atoms with Crippen molar-refractivity contribution in [1.82, 2.24) is 25.2 Å². The van der Waals surface area contributed by atoms with Crippen LogP contribution in [-0.4, -0.2) is 31.6 Å². The zero-order chi connectivity index (χ0) is 21.1. The molecule has 0 saturated carbocycles. The van der Waals surface area contributed by atoms with E-state index in [0.717, 1.165) is 20.1 Å². The number of nitrogens with zero attached hydrogens (tertiary/aromatic N) is 4. The van der Waals surface area contributed by atoms with Gasteiger partial charge in [-0.2, -0.15) is 5.10 Å². The maximum Gasteiger partial charge on any atom is 0.280 e. The van der Waals surface area contributed by atoms with Gasteiger partial charge in [-0.05, 0) is 41.5 Å². The van der Waals surface area contributed by atoms with Gasteiger partial charge in [-0.3, -0.25) is 15.0 Å². The lowest BCUT2D eigenvalue weighted by Gasteiger charge is -2.24. The molecule has 1 atom stereocenters. The van der Waals surface area contributed by atoms with Gasteiger partial charge in [0.2, 0.25) is 0 Å². The zero-order valence-electron chi connectivity index (χ0n) is 15.4. The minimum atomic E-state index is -0.395. The summed E-state index contributed by atoms with van der Waals surface area (Å²) in [4.78, 5) is 30.1. The number of benzene rings is 2. The monoisotopic (exact) mass is 547 g/mol. The molecule has 1 unspecified atom stereocenters. The number of carbonyl (C=O) groups excluding carboxylic acids is 2. The average Bonchev–Trinajstić information content (AvgIpc) is 3.32. The Morgan fingerprint density at radius 3 is 2.63 bits per heavy atom. The standard InChI is InChI=1S/C20H15Br2N5O2S/c21-15-5-1-3-13(7-15)8-17-19(29)27(25-18(28)10-26-12-23-11-24-26)20(30-17)14-4-2-6-16(22)9-14/h1-9,11-12,20H,10H2,(H,25,28)/b17-8-. The molecule has 1 saturated heterocycles. The fourth-order valence-corrected chi connectivity index (χ4v) is 4.92. The summed E-state index contributed by atoms with van der Waals surface area (Å²) in [5.41, 5.74) is 4.51. The van der Waals surface area contributed by atoms with Gasteiger partial charge in [0, 0.05) is 8.95 Å². The van der Waals surface area contributed by atoms with E-state index in [9.17, 15) is 9.59 Å². The Morgan fingerprint density at radius 2 is 1.93 bits per heavy atom. The van der Waals surface area contributed by atoms with Crippen LogP contribution in [0, 0.1) is 0 Å². The second kappa shape index (κ2) is 9.15. The molecule has 2 heterocycles. The quantitative estimate of drug-likeness (QED) is 0.484. The summed E-state index contributed by atoms with van der Waals surface area (Å²) in [6, 6.07) is 15.4. The lowest BCUT2D eigenvalue weighted by Crippen LogP contribution is -2.45. The van der Waals surface area contributed by atoms with Crippen LogP contribution in [0.5, 0.6) is 0 Å². The van der Waals surface area contributed by atoms with Crippen molar-refractivity contribution in [2.24, 2.45) is 0 Å². The number of rotatable bonds is 5. The van der Waals surface area contributed by atoms with Gasteiger partial charge in [-0.25, -0.2) is 14.7 Å². The fourth-order valence-electron chi connectivity index (χ4n) is 2.91. The van der Waals surface area contributed by atoms with E-state index in [0.29, 0.717) is 4.91 Å². The number of thioether (sulfide) groups is 1. The molecule has 7 nitrogen and oxygen atoms in total. The number of hydrazine groups is 1. The Balaban J connectivity index is 1.63.